The van der Waals surface area contributed by atoms with Gasteiger partial charge in [0.15, 0.2) is 11.5 Å². The Labute approximate surface area is 133 Å². The minimum absolute atomic E-state index is 0.119. The summed E-state index contributed by atoms with van der Waals surface area (Å²) < 4.78 is 15.4. The molecule has 7 heteroatoms. The standard InChI is InChI=1S/C15H19NO5S/c1-3-19-14(17)8-22-10(2)15(18)16-7-11-4-5-12-13(6-11)21-9-20-12/h4-6,10H,3,7-9H2,1-2H3,(H,16,18). The molecule has 0 fully saturated rings. The molecule has 1 atom stereocenters. The highest BCUT2D eigenvalue weighted by molar-refractivity contribution is 8.01. The molecule has 120 valence electrons. The number of carbonyl (C=O) groups excluding carboxylic acids is 2. The molecule has 0 aromatic heterocycles. The number of amides is 1. The summed E-state index contributed by atoms with van der Waals surface area (Å²) in [5.74, 6) is 1.16. The third-order valence-electron chi connectivity index (χ3n) is 3.03. The Morgan fingerprint density at radius 2 is 2.14 bits per heavy atom. The molecule has 2 rings (SSSR count). The van der Waals surface area contributed by atoms with Crippen LogP contribution in [0.2, 0.25) is 0 Å². The van der Waals surface area contributed by atoms with Crippen molar-refractivity contribution in [2.45, 2.75) is 25.6 Å². The molecular formula is C15H19NO5S. The summed E-state index contributed by atoms with van der Waals surface area (Å²) in [6.45, 7) is 4.50. The molecule has 0 radical (unpaired) electrons. The molecule has 0 aliphatic carbocycles. The van der Waals surface area contributed by atoms with E-state index in [1.54, 1.807) is 13.8 Å². The monoisotopic (exact) mass is 325 g/mol. The summed E-state index contributed by atoms with van der Waals surface area (Å²) in [5, 5.41) is 2.52. The average Bonchev–Trinajstić information content (AvgIpc) is 2.98. The normalized spacial score (nSPS) is 13.5. The molecule has 6 nitrogen and oxygen atoms in total. The second kappa shape index (κ2) is 7.93. The van der Waals surface area contributed by atoms with Crippen molar-refractivity contribution < 1.29 is 23.8 Å². The highest BCUT2D eigenvalue weighted by Crippen LogP contribution is 2.32. The molecule has 1 unspecified atom stereocenters. The number of carbonyl (C=O) groups is 2. The molecule has 22 heavy (non-hydrogen) atoms. The van der Waals surface area contributed by atoms with E-state index < -0.39 is 0 Å². The third kappa shape index (κ3) is 4.56. The maximum absolute atomic E-state index is 12.0. The van der Waals surface area contributed by atoms with Gasteiger partial charge in [-0.15, -0.1) is 11.8 Å². The maximum atomic E-state index is 12.0. The highest BCUT2D eigenvalue weighted by Gasteiger charge is 2.17. The number of esters is 1. The van der Waals surface area contributed by atoms with Gasteiger partial charge in [-0.1, -0.05) is 6.07 Å². The van der Waals surface area contributed by atoms with Crippen LogP contribution in [0.4, 0.5) is 0 Å². The third-order valence-corrected chi connectivity index (χ3v) is 4.15. The number of benzene rings is 1. The van der Waals surface area contributed by atoms with E-state index >= 15 is 0 Å². The van der Waals surface area contributed by atoms with E-state index in [2.05, 4.69) is 5.32 Å². The van der Waals surface area contributed by atoms with Crippen molar-refractivity contribution in [1.82, 2.24) is 5.32 Å². The summed E-state index contributed by atoms with van der Waals surface area (Å²) in [5.41, 5.74) is 0.931. The van der Waals surface area contributed by atoms with Gasteiger partial charge < -0.3 is 19.5 Å². The van der Waals surface area contributed by atoms with Gasteiger partial charge in [0.2, 0.25) is 12.7 Å². The van der Waals surface area contributed by atoms with Crippen LogP contribution in [-0.2, 0) is 20.9 Å². The minimum atomic E-state index is -0.321. The van der Waals surface area contributed by atoms with Crippen molar-refractivity contribution in [1.29, 1.82) is 0 Å². The molecule has 1 aliphatic rings. The van der Waals surface area contributed by atoms with E-state index in [0.29, 0.717) is 24.7 Å². The summed E-state index contributed by atoms with van der Waals surface area (Å²) in [6, 6.07) is 5.55. The first kappa shape index (κ1) is 16.5. The van der Waals surface area contributed by atoms with Crippen LogP contribution in [0.1, 0.15) is 19.4 Å². The van der Waals surface area contributed by atoms with Crippen LogP contribution in [0.25, 0.3) is 0 Å². The van der Waals surface area contributed by atoms with E-state index in [-0.39, 0.29) is 29.7 Å². The summed E-state index contributed by atoms with van der Waals surface area (Å²) in [4.78, 5) is 23.2. The van der Waals surface area contributed by atoms with E-state index in [1.807, 2.05) is 18.2 Å². The molecule has 1 aliphatic heterocycles. The summed E-state index contributed by atoms with van der Waals surface area (Å²) >= 11 is 1.26. The smallest absolute Gasteiger partial charge is 0.315 e. The van der Waals surface area contributed by atoms with Crippen LogP contribution >= 0.6 is 11.8 Å². The highest BCUT2D eigenvalue weighted by atomic mass is 32.2. The van der Waals surface area contributed by atoms with Crippen molar-refractivity contribution in [3.63, 3.8) is 0 Å². The zero-order valence-corrected chi connectivity index (χ0v) is 13.4. The summed E-state index contributed by atoms with van der Waals surface area (Å²) in [7, 11) is 0. The lowest BCUT2D eigenvalue weighted by molar-refractivity contribution is -0.139. The van der Waals surface area contributed by atoms with Gasteiger partial charge >= 0.3 is 5.97 Å². The first-order valence-electron chi connectivity index (χ1n) is 7.03. The first-order chi connectivity index (χ1) is 10.6. The predicted molar refractivity (Wildman–Crippen MR) is 83.0 cm³/mol. The largest absolute Gasteiger partial charge is 0.465 e. The number of hydrogen-bond donors (Lipinski definition) is 1. The van der Waals surface area contributed by atoms with Crippen molar-refractivity contribution in [3.05, 3.63) is 23.8 Å². The van der Waals surface area contributed by atoms with Gasteiger partial charge in [0, 0.05) is 6.54 Å². The van der Waals surface area contributed by atoms with Crippen LogP contribution in [-0.4, -0.2) is 36.3 Å². The van der Waals surface area contributed by atoms with Gasteiger partial charge in [0.05, 0.1) is 17.6 Å². The van der Waals surface area contributed by atoms with Gasteiger partial charge in [-0.2, -0.15) is 0 Å². The van der Waals surface area contributed by atoms with Crippen molar-refractivity contribution >= 4 is 23.6 Å². The van der Waals surface area contributed by atoms with Gasteiger partial charge in [0.1, 0.15) is 0 Å². The van der Waals surface area contributed by atoms with E-state index in [0.717, 1.165) is 5.56 Å². The van der Waals surface area contributed by atoms with Gasteiger partial charge in [0.25, 0.3) is 0 Å². The fourth-order valence-electron chi connectivity index (χ4n) is 1.86. The molecule has 1 heterocycles. The number of rotatable bonds is 7. The molecule has 1 aromatic carbocycles. The predicted octanol–water partition coefficient (Wildman–Crippen LogP) is 1.72. The number of ether oxygens (including phenoxy) is 3. The van der Waals surface area contributed by atoms with E-state index in [4.69, 9.17) is 14.2 Å². The van der Waals surface area contributed by atoms with Gasteiger partial charge in [-0.3, -0.25) is 9.59 Å². The van der Waals surface area contributed by atoms with Crippen molar-refractivity contribution in [3.8, 4) is 11.5 Å². The molecular weight excluding hydrogens is 306 g/mol. The number of hydrogen-bond acceptors (Lipinski definition) is 6. The zero-order chi connectivity index (χ0) is 15.9. The number of fused-ring (bicyclic) bond motifs is 1. The van der Waals surface area contributed by atoms with Crippen LogP contribution in [0, 0.1) is 0 Å². The lowest BCUT2D eigenvalue weighted by atomic mass is 10.2. The SMILES string of the molecule is CCOC(=O)CSC(C)C(=O)NCc1ccc2c(c1)OCO2. The Morgan fingerprint density at radius 1 is 1.36 bits per heavy atom. The first-order valence-corrected chi connectivity index (χ1v) is 8.08. The molecule has 0 spiro atoms. The van der Waals surface area contributed by atoms with Crippen LogP contribution < -0.4 is 14.8 Å². The number of thioether (sulfide) groups is 1. The Kier molecular flexibility index (Phi) is 5.94. The van der Waals surface area contributed by atoms with E-state index in [1.165, 1.54) is 11.8 Å². The molecule has 1 aromatic rings. The van der Waals surface area contributed by atoms with Crippen LogP contribution in [0.15, 0.2) is 18.2 Å². The molecule has 0 saturated heterocycles. The fourth-order valence-corrected chi connectivity index (χ4v) is 2.56. The number of nitrogens with one attached hydrogen (secondary N) is 1. The van der Waals surface area contributed by atoms with Gasteiger partial charge in [-0.25, -0.2) is 0 Å². The Bertz CT molecular complexity index is 549. The van der Waals surface area contributed by atoms with Crippen LogP contribution in [0.3, 0.4) is 0 Å². The second-order valence-corrected chi connectivity index (χ2v) is 5.99. The quantitative estimate of drug-likeness (QED) is 0.770. The second-order valence-electron chi connectivity index (χ2n) is 4.66. The molecule has 1 amide bonds. The molecule has 0 saturated carbocycles. The van der Waals surface area contributed by atoms with Gasteiger partial charge in [-0.05, 0) is 31.5 Å². The Morgan fingerprint density at radius 3 is 2.91 bits per heavy atom. The lowest BCUT2D eigenvalue weighted by Gasteiger charge is -2.12. The Balaban J connectivity index is 1.76. The maximum Gasteiger partial charge on any atom is 0.315 e. The average molecular weight is 325 g/mol. The fraction of sp³-hybridized carbons (Fsp3) is 0.467. The van der Waals surface area contributed by atoms with E-state index in [9.17, 15) is 9.59 Å². The Hall–Kier alpha value is -1.89. The summed E-state index contributed by atoms with van der Waals surface area (Å²) in [6.07, 6.45) is 0. The minimum Gasteiger partial charge on any atom is -0.465 e. The molecule has 0 bridgehead atoms. The molecule has 1 N–H and O–H groups in total. The van der Waals surface area contributed by atoms with Crippen LogP contribution in [0.5, 0.6) is 11.5 Å². The lowest BCUT2D eigenvalue weighted by Crippen LogP contribution is -2.31. The topological polar surface area (TPSA) is 73.9 Å². The van der Waals surface area contributed by atoms with Crippen molar-refractivity contribution in [2.24, 2.45) is 0 Å². The van der Waals surface area contributed by atoms with Crippen molar-refractivity contribution in [2.75, 3.05) is 19.2 Å². The zero-order valence-electron chi connectivity index (χ0n) is 12.6.